The van der Waals surface area contributed by atoms with Crippen molar-refractivity contribution in [3.63, 3.8) is 0 Å². The fourth-order valence-corrected chi connectivity index (χ4v) is 1.34. The van der Waals surface area contributed by atoms with Crippen LogP contribution in [-0.4, -0.2) is 13.6 Å². The van der Waals surface area contributed by atoms with Crippen LogP contribution in [0.2, 0.25) is 0 Å². The summed E-state index contributed by atoms with van der Waals surface area (Å²) in [5.41, 5.74) is 0.342. The van der Waals surface area contributed by atoms with E-state index in [-0.39, 0.29) is 5.92 Å². The molecule has 1 N–H and O–H groups in total. The van der Waals surface area contributed by atoms with E-state index < -0.39 is 11.6 Å². The van der Waals surface area contributed by atoms with Gasteiger partial charge in [-0.15, -0.1) is 6.58 Å². The molecule has 0 amide bonds. The van der Waals surface area contributed by atoms with Crippen LogP contribution in [0.15, 0.2) is 30.9 Å². The van der Waals surface area contributed by atoms with Crippen LogP contribution in [0.4, 0.5) is 8.78 Å². The van der Waals surface area contributed by atoms with Gasteiger partial charge in [0, 0.05) is 12.5 Å². The highest BCUT2D eigenvalue weighted by Gasteiger charge is 2.12. The lowest BCUT2D eigenvalue weighted by Gasteiger charge is -2.13. The zero-order chi connectivity index (χ0) is 10.6. The Hall–Kier alpha value is -1.22. The molecule has 1 aromatic rings. The minimum absolute atomic E-state index is 0.198. The van der Waals surface area contributed by atoms with Gasteiger partial charge in [0.15, 0.2) is 0 Å². The first-order valence-electron chi connectivity index (χ1n) is 4.41. The third-order valence-corrected chi connectivity index (χ3v) is 2.07. The first-order chi connectivity index (χ1) is 6.69. The summed E-state index contributed by atoms with van der Waals surface area (Å²) in [6.45, 7) is 4.14. The van der Waals surface area contributed by atoms with Crippen molar-refractivity contribution in [3.05, 3.63) is 48.1 Å². The van der Waals surface area contributed by atoms with Crippen LogP contribution in [0.3, 0.4) is 0 Å². The van der Waals surface area contributed by atoms with E-state index in [0.29, 0.717) is 12.1 Å². The first-order valence-corrected chi connectivity index (χ1v) is 4.41. The number of hydrogen-bond acceptors (Lipinski definition) is 1. The number of hydrogen-bond donors (Lipinski definition) is 1. The maximum absolute atomic E-state index is 13.3. The molecule has 0 saturated carbocycles. The van der Waals surface area contributed by atoms with Crippen LogP contribution in [0.1, 0.15) is 11.5 Å². The van der Waals surface area contributed by atoms with Crippen molar-refractivity contribution < 1.29 is 8.78 Å². The molecule has 0 radical (unpaired) electrons. The van der Waals surface area contributed by atoms with E-state index in [1.54, 1.807) is 13.1 Å². The van der Waals surface area contributed by atoms with Crippen molar-refractivity contribution in [2.75, 3.05) is 13.6 Å². The summed E-state index contributed by atoms with van der Waals surface area (Å²) >= 11 is 0. The van der Waals surface area contributed by atoms with Gasteiger partial charge in [0.2, 0.25) is 0 Å². The molecule has 1 atom stereocenters. The molecule has 1 unspecified atom stereocenters. The maximum atomic E-state index is 13.3. The number of benzene rings is 1. The van der Waals surface area contributed by atoms with E-state index in [1.807, 2.05) is 0 Å². The van der Waals surface area contributed by atoms with E-state index in [2.05, 4.69) is 11.9 Å². The molecule has 3 heteroatoms. The standard InChI is InChI=1S/C11H13F2N/c1-3-8(7-14-2)10-6-9(12)4-5-11(10)13/h3-6,8,14H,1,7H2,2H3. The van der Waals surface area contributed by atoms with Gasteiger partial charge in [0.1, 0.15) is 11.6 Å². The number of rotatable bonds is 4. The second kappa shape index (κ2) is 4.86. The Bertz CT molecular complexity index is 323. The number of likely N-dealkylation sites (N-methyl/N-ethyl adjacent to an activating group) is 1. The SMILES string of the molecule is C=CC(CNC)c1cc(F)ccc1F. The predicted octanol–water partition coefficient (Wildman–Crippen LogP) is 2.45. The van der Waals surface area contributed by atoms with E-state index in [1.165, 1.54) is 6.07 Å². The monoisotopic (exact) mass is 197 g/mol. The van der Waals surface area contributed by atoms with Gasteiger partial charge >= 0.3 is 0 Å². The zero-order valence-electron chi connectivity index (χ0n) is 8.06. The van der Waals surface area contributed by atoms with Gasteiger partial charge in [0.05, 0.1) is 0 Å². The molecule has 14 heavy (non-hydrogen) atoms. The molecule has 0 heterocycles. The van der Waals surface area contributed by atoms with Crippen LogP contribution in [0.25, 0.3) is 0 Å². The van der Waals surface area contributed by atoms with E-state index in [9.17, 15) is 8.78 Å². The Balaban J connectivity index is 3.01. The lowest BCUT2D eigenvalue weighted by atomic mass is 9.98. The van der Waals surface area contributed by atoms with Gasteiger partial charge in [-0.25, -0.2) is 8.78 Å². The molecule has 0 aliphatic carbocycles. The molecule has 1 nitrogen and oxygen atoms in total. The maximum Gasteiger partial charge on any atom is 0.127 e. The summed E-state index contributed by atoms with van der Waals surface area (Å²) in [7, 11) is 1.76. The third kappa shape index (κ3) is 2.39. The van der Waals surface area contributed by atoms with E-state index in [4.69, 9.17) is 0 Å². The number of nitrogens with one attached hydrogen (secondary N) is 1. The summed E-state index contributed by atoms with van der Waals surface area (Å²) in [6.07, 6.45) is 1.61. The summed E-state index contributed by atoms with van der Waals surface area (Å²) in [6, 6.07) is 3.45. The molecule has 0 aliphatic rings. The van der Waals surface area contributed by atoms with Gasteiger partial charge < -0.3 is 5.32 Å². The molecule has 0 spiro atoms. The van der Waals surface area contributed by atoms with Crippen LogP contribution in [0, 0.1) is 11.6 Å². The average molecular weight is 197 g/mol. The summed E-state index contributed by atoms with van der Waals surface area (Å²) in [5, 5.41) is 2.90. The molecule has 0 saturated heterocycles. The highest BCUT2D eigenvalue weighted by Crippen LogP contribution is 2.20. The van der Waals surface area contributed by atoms with Crippen molar-refractivity contribution in [2.45, 2.75) is 5.92 Å². The Morgan fingerprint density at radius 2 is 2.21 bits per heavy atom. The van der Waals surface area contributed by atoms with Crippen molar-refractivity contribution in [1.82, 2.24) is 5.32 Å². The predicted molar refractivity (Wildman–Crippen MR) is 53.2 cm³/mol. The lowest BCUT2D eigenvalue weighted by Crippen LogP contribution is -2.16. The van der Waals surface area contributed by atoms with Gasteiger partial charge in [-0.05, 0) is 30.8 Å². The molecule has 1 rings (SSSR count). The Kier molecular flexibility index (Phi) is 3.77. The largest absolute Gasteiger partial charge is 0.319 e. The zero-order valence-corrected chi connectivity index (χ0v) is 8.06. The topological polar surface area (TPSA) is 12.0 Å². The van der Waals surface area contributed by atoms with Crippen LogP contribution in [-0.2, 0) is 0 Å². The van der Waals surface area contributed by atoms with Crippen molar-refractivity contribution in [3.8, 4) is 0 Å². The normalized spacial score (nSPS) is 12.5. The van der Waals surface area contributed by atoms with E-state index >= 15 is 0 Å². The fourth-order valence-electron chi connectivity index (χ4n) is 1.34. The molecule has 0 bridgehead atoms. The highest BCUT2D eigenvalue weighted by molar-refractivity contribution is 5.26. The summed E-state index contributed by atoms with van der Waals surface area (Å²) in [5.74, 6) is -1.02. The second-order valence-electron chi connectivity index (χ2n) is 3.07. The molecule has 0 fully saturated rings. The van der Waals surface area contributed by atoms with Crippen LogP contribution >= 0.6 is 0 Å². The smallest absolute Gasteiger partial charge is 0.127 e. The van der Waals surface area contributed by atoms with Gasteiger partial charge in [-0.2, -0.15) is 0 Å². The summed E-state index contributed by atoms with van der Waals surface area (Å²) < 4.78 is 26.2. The summed E-state index contributed by atoms with van der Waals surface area (Å²) in [4.78, 5) is 0. The van der Waals surface area contributed by atoms with Gasteiger partial charge in [-0.3, -0.25) is 0 Å². The van der Waals surface area contributed by atoms with Gasteiger partial charge in [-0.1, -0.05) is 6.08 Å². The lowest BCUT2D eigenvalue weighted by molar-refractivity contribution is 0.571. The van der Waals surface area contributed by atoms with Crippen LogP contribution in [0.5, 0.6) is 0 Å². The molecule has 0 aromatic heterocycles. The van der Waals surface area contributed by atoms with E-state index in [0.717, 1.165) is 12.1 Å². The molecular weight excluding hydrogens is 184 g/mol. The number of halogens is 2. The Morgan fingerprint density at radius 3 is 2.79 bits per heavy atom. The minimum Gasteiger partial charge on any atom is -0.319 e. The van der Waals surface area contributed by atoms with Crippen molar-refractivity contribution >= 4 is 0 Å². The molecular formula is C11H13F2N. The molecule has 0 aliphatic heterocycles. The second-order valence-corrected chi connectivity index (χ2v) is 3.07. The van der Waals surface area contributed by atoms with Gasteiger partial charge in [0.25, 0.3) is 0 Å². The quantitative estimate of drug-likeness (QED) is 0.731. The molecule has 1 aromatic carbocycles. The Morgan fingerprint density at radius 1 is 1.50 bits per heavy atom. The van der Waals surface area contributed by atoms with Crippen LogP contribution < -0.4 is 5.32 Å². The molecule has 76 valence electrons. The first kappa shape index (κ1) is 10.9. The van der Waals surface area contributed by atoms with Crippen molar-refractivity contribution in [2.24, 2.45) is 0 Å². The fraction of sp³-hybridized carbons (Fsp3) is 0.273. The average Bonchev–Trinajstić information content (AvgIpc) is 2.18. The Labute approximate surface area is 82.4 Å². The van der Waals surface area contributed by atoms with Crippen molar-refractivity contribution in [1.29, 1.82) is 0 Å². The minimum atomic E-state index is -0.427. The third-order valence-electron chi connectivity index (χ3n) is 2.07. The highest BCUT2D eigenvalue weighted by atomic mass is 19.1.